The second-order valence-electron chi connectivity index (χ2n) is 4.94. The third-order valence-corrected chi connectivity index (χ3v) is 3.21. The zero-order chi connectivity index (χ0) is 17.0. The van der Waals surface area contributed by atoms with Gasteiger partial charge < -0.3 is 5.11 Å². The van der Waals surface area contributed by atoms with E-state index >= 15 is 0 Å². The highest BCUT2D eigenvalue weighted by Crippen LogP contribution is 2.29. The highest BCUT2D eigenvalue weighted by molar-refractivity contribution is 6.03. The topological polar surface area (TPSA) is 105 Å². The number of hydrogen-bond donors (Lipinski definition) is 2. The van der Waals surface area contributed by atoms with Crippen LogP contribution in [0.4, 0.5) is 5.69 Å². The first-order valence-electron chi connectivity index (χ1n) is 6.78. The molecule has 0 radical (unpaired) electrons. The van der Waals surface area contributed by atoms with E-state index in [4.69, 9.17) is 0 Å². The fraction of sp³-hybridized carbons (Fsp3) is 0.125. The minimum atomic E-state index is -0.683. The number of aryl methyl sites for hydroxylation is 1. The number of carbonyl (C=O) groups excluding carboxylic acids is 1. The number of benzene rings is 2. The van der Waals surface area contributed by atoms with E-state index in [0.29, 0.717) is 5.56 Å². The number of nitrogens with one attached hydrogen (secondary N) is 1. The van der Waals surface area contributed by atoms with Crippen molar-refractivity contribution in [3.8, 4) is 5.75 Å². The number of para-hydroxylation sites is 1. The van der Waals surface area contributed by atoms with E-state index in [2.05, 4.69) is 10.5 Å². The van der Waals surface area contributed by atoms with Crippen molar-refractivity contribution in [1.29, 1.82) is 0 Å². The first-order valence-corrected chi connectivity index (χ1v) is 6.78. The van der Waals surface area contributed by atoms with E-state index in [1.54, 1.807) is 18.2 Å². The van der Waals surface area contributed by atoms with Crippen LogP contribution in [0.2, 0.25) is 0 Å². The molecule has 0 spiro atoms. The average molecular weight is 313 g/mol. The number of nitro benzene ring substituents is 1. The van der Waals surface area contributed by atoms with E-state index in [0.717, 1.165) is 5.56 Å². The normalized spacial score (nSPS) is 11.1. The second kappa shape index (κ2) is 6.69. The Hall–Kier alpha value is -3.22. The Bertz CT molecular complexity index is 800. The molecule has 2 aromatic rings. The summed E-state index contributed by atoms with van der Waals surface area (Å²) < 4.78 is 0. The smallest absolute Gasteiger partial charge is 0.311 e. The van der Waals surface area contributed by atoms with Crippen molar-refractivity contribution in [2.24, 2.45) is 5.10 Å². The lowest BCUT2D eigenvalue weighted by atomic mass is 10.1. The van der Waals surface area contributed by atoms with Gasteiger partial charge in [0.25, 0.3) is 5.91 Å². The molecule has 0 unspecified atom stereocenters. The molecular formula is C16H15N3O4. The van der Waals surface area contributed by atoms with Crippen LogP contribution >= 0.6 is 0 Å². The third-order valence-electron chi connectivity index (χ3n) is 3.21. The molecule has 0 fully saturated rings. The van der Waals surface area contributed by atoms with Crippen LogP contribution in [0.15, 0.2) is 47.6 Å². The van der Waals surface area contributed by atoms with Crippen LogP contribution in [0.3, 0.4) is 0 Å². The SMILES string of the molecule is CC(=NNC(=O)c1cccc(C)c1)c1cccc([N+](=O)[O-])c1O. The van der Waals surface area contributed by atoms with Crippen molar-refractivity contribution in [2.45, 2.75) is 13.8 Å². The highest BCUT2D eigenvalue weighted by atomic mass is 16.6. The van der Waals surface area contributed by atoms with Crippen molar-refractivity contribution in [2.75, 3.05) is 0 Å². The molecule has 1 amide bonds. The molecule has 0 aliphatic rings. The molecule has 2 rings (SSSR count). The van der Waals surface area contributed by atoms with Gasteiger partial charge in [0.15, 0.2) is 0 Å². The summed E-state index contributed by atoms with van der Waals surface area (Å²) >= 11 is 0. The minimum Gasteiger partial charge on any atom is -0.502 e. The zero-order valence-corrected chi connectivity index (χ0v) is 12.6. The maximum absolute atomic E-state index is 12.0. The highest BCUT2D eigenvalue weighted by Gasteiger charge is 2.18. The van der Waals surface area contributed by atoms with Crippen LogP contribution < -0.4 is 5.43 Å². The molecule has 0 saturated heterocycles. The molecule has 0 saturated carbocycles. The van der Waals surface area contributed by atoms with Gasteiger partial charge in [-0.1, -0.05) is 23.8 Å². The Morgan fingerprint density at radius 1 is 1.26 bits per heavy atom. The number of hydrogen-bond acceptors (Lipinski definition) is 5. The van der Waals surface area contributed by atoms with Crippen molar-refractivity contribution in [3.05, 3.63) is 69.3 Å². The van der Waals surface area contributed by atoms with E-state index in [1.165, 1.54) is 25.1 Å². The van der Waals surface area contributed by atoms with Crippen LogP contribution in [-0.4, -0.2) is 21.6 Å². The molecule has 7 heteroatoms. The molecular weight excluding hydrogens is 298 g/mol. The van der Waals surface area contributed by atoms with Gasteiger partial charge in [-0.25, -0.2) is 5.43 Å². The Morgan fingerprint density at radius 3 is 2.61 bits per heavy atom. The molecule has 2 N–H and O–H groups in total. The number of carbonyl (C=O) groups is 1. The van der Waals surface area contributed by atoms with Gasteiger partial charge in [0, 0.05) is 17.2 Å². The average Bonchev–Trinajstić information content (AvgIpc) is 2.52. The lowest BCUT2D eigenvalue weighted by Crippen LogP contribution is -2.19. The van der Waals surface area contributed by atoms with Gasteiger partial charge in [-0.2, -0.15) is 5.10 Å². The summed E-state index contributed by atoms with van der Waals surface area (Å²) in [5.41, 5.74) is 3.78. The Labute approximate surface area is 132 Å². The predicted molar refractivity (Wildman–Crippen MR) is 85.6 cm³/mol. The number of nitro groups is 1. The molecule has 118 valence electrons. The maximum Gasteiger partial charge on any atom is 0.311 e. The van der Waals surface area contributed by atoms with Crippen molar-refractivity contribution < 1.29 is 14.8 Å². The number of phenols is 1. The van der Waals surface area contributed by atoms with E-state index in [9.17, 15) is 20.0 Å². The van der Waals surface area contributed by atoms with E-state index in [-0.39, 0.29) is 11.3 Å². The summed E-state index contributed by atoms with van der Waals surface area (Å²) in [5.74, 6) is -0.887. The molecule has 0 aliphatic heterocycles. The summed E-state index contributed by atoms with van der Waals surface area (Å²) in [6.45, 7) is 3.40. The maximum atomic E-state index is 12.0. The quantitative estimate of drug-likeness (QED) is 0.514. The summed E-state index contributed by atoms with van der Waals surface area (Å²) in [6, 6.07) is 11.1. The molecule has 0 aromatic heterocycles. The van der Waals surface area contributed by atoms with E-state index < -0.39 is 22.3 Å². The van der Waals surface area contributed by atoms with Gasteiger partial charge in [0.05, 0.1) is 10.6 Å². The molecule has 7 nitrogen and oxygen atoms in total. The van der Waals surface area contributed by atoms with Gasteiger partial charge in [-0.05, 0) is 32.0 Å². The Balaban J connectivity index is 2.22. The summed E-state index contributed by atoms with van der Waals surface area (Å²) in [6.07, 6.45) is 0. The lowest BCUT2D eigenvalue weighted by molar-refractivity contribution is -0.385. The molecule has 2 aromatic carbocycles. The van der Waals surface area contributed by atoms with Gasteiger partial charge in [0.2, 0.25) is 5.75 Å². The summed E-state index contributed by atoms with van der Waals surface area (Å²) in [5, 5.41) is 24.6. The van der Waals surface area contributed by atoms with Crippen LogP contribution in [0, 0.1) is 17.0 Å². The Morgan fingerprint density at radius 2 is 1.96 bits per heavy atom. The number of rotatable bonds is 4. The number of amides is 1. The lowest BCUT2D eigenvalue weighted by Gasteiger charge is -2.06. The van der Waals surface area contributed by atoms with Crippen molar-refractivity contribution in [1.82, 2.24) is 5.43 Å². The zero-order valence-electron chi connectivity index (χ0n) is 12.6. The summed E-state index contributed by atoms with van der Waals surface area (Å²) in [7, 11) is 0. The number of hydrazone groups is 1. The van der Waals surface area contributed by atoms with Gasteiger partial charge in [-0.3, -0.25) is 14.9 Å². The number of phenolic OH excluding ortho intramolecular Hbond substituents is 1. The molecule has 0 bridgehead atoms. The first-order chi connectivity index (χ1) is 10.9. The van der Waals surface area contributed by atoms with E-state index in [1.807, 2.05) is 13.0 Å². The van der Waals surface area contributed by atoms with Gasteiger partial charge in [-0.15, -0.1) is 0 Å². The van der Waals surface area contributed by atoms with Crippen molar-refractivity contribution in [3.63, 3.8) is 0 Å². The molecule has 0 aliphatic carbocycles. The number of aromatic hydroxyl groups is 1. The molecule has 0 heterocycles. The molecule has 0 atom stereocenters. The number of nitrogens with zero attached hydrogens (tertiary/aromatic N) is 2. The predicted octanol–water partition coefficient (Wildman–Crippen LogP) is 2.76. The Kier molecular flexibility index (Phi) is 4.70. The summed E-state index contributed by atoms with van der Waals surface area (Å²) in [4.78, 5) is 22.1. The van der Waals surface area contributed by atoms with Crippen LogP contribution in [0.25, 0.3) is 0 Å². The first kappa shape index (κ1) is 16.2. The standard InChI is InChI=1S/C16H15N3O4/c1-10-5-3-6-12(9-10)16(21)18-17-11(2)13-7-4-8-14(15(13)20)19(22)23/h3-9,20H,1-2H3,(H,18,21). The van der Waals surface area contributed by atoms with Crippen LogP contribution in [0.5, 0.6) is 5.75 Å². The fourth-order valence-electron chi connectivity index (χ4n) is 2.02. The van der Waals surface area contributed by atoms with Gasteiger partial charge >= 0.3 is 5.69 Å². The van der Waals surface area contributed by atoms with Crippen LogP contribution in [-0.2, 0) is 0 Å². The fourth-order valence-corrected chi connectivity index (χ4v) is 2.02. The van der Waals surface area contributed by atoms with Gasteiger partial charge in [0.1, 0.15) is 0 Å². The largest absolute Gasteiger partial charge is 0.502 e. The van der Waals surface area contributed by atoms with Crippen LogP contribution in [0.1, 0.15) is 28.4 Å². The van der Waals surface area contributed by atoms with Crippen molar-refractivity contribution >= 4 is 17.3 Å². The third kappa shape index (κ3) is 3.70. The minimum absolute atomic E-state index is 0.184. The monoisotopic (exact) mass is 313 g/mol. The second-order valence-corrected chi connectivity index (χ2v) is 4.94. The molecule has 23 heavy (non-hydrogen) atoms.